The molecule has 1 aliphatic heterocycles. The molecule has 1 heterocycles. The summed E-state index contributed by atoms with van der Waals surface area (Å²) in [4.78, 5) is 16.2. The molecule has 2 rings (SSSR count). The number of aliphatic hydroxyl groups excluding tert-OH is 1. The van der Waals surface area contributed by atoms with Crippen LogP contribution in [0.4, 0.5) is 4.79 Å². The largest absolute Gasteiger partial charge is 0.444 e. The third kappa shape index (κ3) is 6.13. The maximum Gasteiger partial charge on any atom is 0.410 e. The maximum atomic E-state index is 12.1. The molecule has 134 valence electrons. The summed E-state index contributed by atoms with van der Waals surface area (Å²) in [5.41, 5.74) is 2.11. The van der Waals surface area contributed by atoms with Crippen LogP contribution < -0.4 is 0 Å². The molecule has 1 aliphatic rings. The van der Waals surface area contributed by atoms with E-state index in [1.54, 1.807) is 4.90 Å². The van der Waals surface area contributed by atoms with Crippen LogP contribution >= 0.6 is 0 Å². The number of carbonyl (C=O) groups is 1. The molecule has 1 fully saturated rings. The second-order valence-electron chi connectivity index (χ2n) is 7.39. The Morgan fingerprint density at radius 1 is 1.08 bits per heavy atom. The number of benzene rings is 1. The van der Waals surface area contributed by atoms with Crippen LogP contribution in [-0.2, 0) is 17.7 Å². The van der Waals surface area contributed by atoms with E-state index >= 15 is 0 Å². The fourth-order valence-electron chi connectivity index (χ4n) is 2.77. The number of carbonyl (C=O) groups excluding carboxylic acids is 1. The second-order valence-corrected chi connectivity index (χ2v) is 7.39. The van der Waals surface area contributed by atoms with Gasteiger partial charge in [-0.3, -0.25) is 4.90 Å². The lowest BCUT2D eigenvalue weighted by atomic mass is 10.1. The lowest BCUT2D eigenvalue weighted by Gasteiger charge is -2.35. The van der Waals surface area contributed by atoms with Gasteiger partial charge in [0.15, 0.2) is 0 Å². The predicted octanol–water partition coefficient (Wildman–Crippen LogP) is 2.66. The molecule has 0 aliphatic carbocycles. The zero-order chi connectivity index (χ0) is 17.6. The Balaban J connectivity index is 1.77. The van der Waals surface area contributed by atoms with Crippen LogP contribution in [0.25, 0.3) is 0 Å². The molecule has 1 aromatic rings. The molecule has 24 heavy (non-hydrogen) atoms. The molecule has 1 amide bonds. The number of aryl methyl sites for hydroxylation is 1. The van der Waals surface area contributed by atoms with Gasteiger partial charge in [-0.15, -0.1) is 0 Å². The molecule has 0 radical (unpaired) electrons. The zero-order valence-electron chi connectivity index (χ0n) is 15.1. The molecule has 5 nitrogen and oxygen atoms in total. The molecule has 0 aromatic heterocycles. The fourth-order valence-corrected chi connectivity index (χ4v) is 2.77. The third-order valence-corrected chi connectivity index (χ3v) is 4.08. The van der Waals surface area contributed by atoms with E-state index in [4.69, 9.17) is 9.84 Å². The SMILES string of the molecule is CC(C)(C)OC(=O)N1CCN(Cc2ccc(CCCO)cc2)CC1. The first-order chi connectivity index (χ1) is 11.4. The summed E-state index contributed by atoms with van der Waals surface area (Å²) in [5, 5.41) is 8.88. The van der Waals surface area contributed by atoms with Crippen LogP contribution in [0.5, 0.6) is 0 Å². The van der Waals surface area contributed by atoms with Crippen molar-refractivity contribution in [3.63, 3.8) is 0 Å². The molecule has 0 bridgehead atoms. The molecule has 0 saturated carbocycles. The lowest BCUT2D eigenvalue weighted by molar-refractivity contribution is 0.0139. The van der Waals surface area contributed by atoms with Crippen LogP contribution in [0, 0.1) is 0 Å². The van der Waals surface area contributed by atoms with Crippen LogP contribution in [0.3, 0.4) is 0 Å². The summed E-state index contributed by atoms with van der Waals surface area (Å²) in [6, 6.07) is 8.60. The van der Waals surface area contributed by atoms with E-state index in [2.05, 4.69) is 29.2 Å². The second kappa shape index (κ2) is 8.49. The third-order valence-electron chi connectivity index (χ3n) is 4.08. The minimum atomic E-state index is -0.439. The zero-order valence-corrected chi connectivity index (χ0v) is 15.1. The lowest BCUT2D eigenvalue weighted by Crippen LogP contribution is -2.49. The minimum Gasteiger partial charge on any atom is -0.444 e. The highest BCUT2D eigenvalue weighted by Crippen LogP contribution is 2.14. The first-order valence-electron chi connectivity index (χ1n) is 8.76. The van der Waals surface area contributed by atoms with Gasteiger partial charge in [-0.1, -0.05) is 24.3 Å². The summed E-state index contributed by atoms with van der Waals surface area (Å²) in [6.07, 6.45) is 1.52. The molecule has 0 spiro atoms. The Bertz CT molecular complexity index is 514. The average molecular weight is 334 g/mol. The van der Waals surface area contributed by atoms with Gasteiger partial charge in [0, 0.05) is 39.3 Å². The Kier molecular flexibility index (Phi) is 6.63. The van der Waals surface area contributed by atoms with E-state index < -0.39 is 5.60 Å². The average Bonchev–Trinajstić information content (AvgIpc) is 2.53. The van der Waals surface area contributed by atoms with E-state index in [1.807, 2.05) is 20.8 Å². The summed E-state index contributed by atoms with van der Waals surface area (Å²) in [6.45, 7) is 9.98. The van der Waals surface area contributed by atoms with Crippen LogP contribution in [-0.4, -0.2) is 59.4 Å². The quantitative estimate of drug-likeness (QED) is 0.899. The molecular weight excluding hydrogens is 304 g/mol. The van der Waals surface area contributed by atoms with Crippen molar-refractivity contribution in [2.45, 2.75) is 45.8 Å². The Labute approximate surface area is 145 Å². The van der Waals surface area contributed by atoms with Gasteiger partial charge in [-0.25, -0.2) is 4.79 Å². The predicted molar refractivity (Wildman–Crippen MR) is 94.9 cm³/mol. The Hall–Kier alpha value is -1.59. The number of amides is 1. The van der Waals surface area contributed by atoms with Gasteiger partial charge >= 0.3 is 6.09 Å². The summed E-state index contributed by atoms with van der Waals surface area (Å²) in [5.74, 6) is 0. The van der Waals surface area contributed by atoms with E-state index in [-0.39, 0.29) is 12.7 Å². The molecule has 1 aromatic carbocycles. The summed E-state index contributed by atoms with van der Waals surface area (Å²) < 4.78 is 5.43. The maximum absolute atomic E-state index is 12.1. The molecule has 1 N–H and O–H groups in total. The Morgan fingerprint density at radius 2 is 1.67 bits per heavy atom. The van der Waals surface area contributed by atoms with E-state index in [0.717, 1.165) is 32.5 Å². The van der Waals surface area contributed by atoms with Gasteiger partial charge in [0.05, 0.1) is 0 Å². The first-order valence-corrected chi connectivity index (χ1v) is 8.76. The van der Waals surface area contributed by atoms with Crippen molar-refractivity contribution in [2.75, 3.05) is 32.8 Å². The van der Waals surface area contributed by atoms with Crippen LogP contribution in [0.1, 0.15) is 38.3 Å². The Morgan fingerprint density at radius 3 is 2.21 bits per heavy atom. The van der Waals surface area contributed by atoms with Gasteiger partial charge in [0.1, 0.15) is 5.60 Å². The monoisotopic (exact) mass is 334 g/mol. The van der Waals surface area contributed by atoms with Crippen molar-refractivity contribution in [3.8, 4) is 0 Å². The van der Waals surface area contributed by atoms with Gasteiger partial charge in [-0.05, 0) is 44.7 Å². The topological polar surface area (TPSA) is 53.0 Å². The fraction of sp³-hybridized carbons (Fsp3) is 0.632. The minimum absolute atomic E-state index is 0.213. The molecule has 5 heteroatoms. The van der Waals surface area contributed by atoms with Crippen molar-refractivity contribution in [1.82, 2.24) is 9.80 Å². The van der Waals surface area contributed by atoms with Crippen LogP contribution in [0.15, 0.2) is 24.3 Å². The van der Waals surface area contributed by atoms with Gasteiger partial charge in [0.25, 0.3) is 0 Å². The standard InChI is InChI=1S/C19H30N2O3/c1-19(2,3)24-18(23)21-12-10-20(11-13-21)15-17-8-6-16(7-9-17)5-4-14-22/h6-9,22H,4-5,10-15H2,1-3H3. The molecule has 1 saturated heterocycles. The normalized spacial score (nSPS) is 16.2. The number of nitrogens with zero attached hydrogens (tertiary/aromatic N) is 2. The van der Waals surface area contributed by atoms with Gasteiger partial charge in [0.2, 0.25) is 0 Å². The number of hydrogen-bond acceptors (Lipinski definition) is 4. The van der Waals surface area contributed by atoms with Crippen molar-refractivity contribution in [1.29, 1.82) is 0 Å². The van der Waals surface area contributed by atoms with Gasteiger partial charge < -0.3 is 14.7 Å². The van der Waals surface area contributed by atoms with Crippen molar-refractivity contribution >= 4 is 6.09 Å². The van der Waals surface area contributed by atoms with Gasteiger partial charge in [-0.2, -0.15) is 0 Å². The van der Waals surface area contributed by atoms with Crippen LogP contribution in [0.2, 0.25) is 0 Å². The number of piperazine rings is 1. The molecule has 0 unspecified atom stereocenters. The van der Waals surface area contributed by atoms with E-state index in [9.17, 15) is 4.79 Å². The number of ether oxygens (including phenoxy) is 1. The highest BCUT2D eigenvalue weighted by molar-refractivity contribution is 5.68. The number of aliphatic hydroxyl groups is 1. The summed E-state index contributed by atoms with van der Waals surface area (Å²) >= 11 is 0. The molecular formula is C19H30N2O3. The molecule has 0 atom stereocenters. The number of rotatable bonds is 5. The van der Waals surface area contributed by atoms with E-state index in [1.165, 1.54) is 11.1 Å². The van der Waals surface area contributed by atoms with Crippen molar-refractivity contribution < 1.29 is 14.6 Å². The summed E-state index contributed by atoms with van der Waals surface area (Å²) in [7, 11) is 0. The van der Waals surface area contributed by atoms with Crippen molar-refractivity contribution in [2.24, 2.45) is 0 Å². The first kappa shape index (κ1) is 18.7. The number of hydrogen-bond donors (Lipinski definition) is 1. The highest BCUT2D eigenvalue weighted by atomic mass is 16.6. The highest BCUT2D eigenvalue weighted by Gasteiger charge is 2.25. The smallest absolute Gasteiger partial charge is 0.410 e. The van der Waals surface area contributed by atoms with Crippen molar-refractivity contribution in [3.05, 3.63) is 35.4 Å². The van der Waals surface area contributed by atoms with E-state index in [0.29, 0.717) is 13.1 Å².